The van der Waals surface area contributed by atoms with Crippen LogP contribution in [0.25, 0.3) is 0 Å². The number of rotatable bonds is 5. The molecule has 110 valence electrons. The van der Waals surface area contributed by atoms with E-state index < -0.39 is 0 Å². The Morgan fingerprint density at radius 3 is 2.57 bits per heavy atom. The first kappa shape index (κ1) is 14.6. The van der Waals surface area contributed by atoms with Crippen molar-refractivity contribution in [2.45, 2.75) is 31.3 Å². The molecule has 1 saturated carbocycles. The molecule has 0 atom stereocenters. The first-order chi connectivity index (χ1) is 10.2. The molecular weight excluding hydrogens is 326 g/mol. The second-order valence-electron chi connectivity index (χ2n) is 5.65. The second kappa shape index (κ2) is 6.63. The molecule has 0 amide bonds. The van der Waals surface area contributed by atoms with Gasteiger partial charge >= 0.3 is 0 Å². The number of benzene rings is 2. The molecule has 0 bridgehead atoms. The summed E-state index contributed by atoms with van der Waals surface area (Å²) in [6, 6.07) is 17.6. The van der Waals surface area contributed by atoms with Crippen molar-refractivity contribution in [1.82, 2.24) is 5.32 Å². The predicted molar refractivity (Wildman–Crippen MR) is 89.7 cm³/mol. The highest BCUT2D eigenvalue weighted by molar-refractivity contribution is 9.10. The van der Waals surface area contributed by atoms with Crippen LogP contribution in [-0.4, -0.2) is 13.2 Å². The molecule has 3 heteroatoms. The van der Waals surface area contributed by atoms with E-state index in [4.69, 9.17) is 4.74 Å². The summed E-state index contributed by atoms with van der Waals surface area (Å²) in [5.74, 6) is 1.62. The molecule has 1 fully saturated rings. The van der Waals surface area contributed by atoms with Crippen LogP contribution in [-0.2, 0) is 6.54 Å². The van der Waals surface area contributed by atoms with Gasteiger partial charge in [0.25, 0.3) is 0 Å². The Bertz CT molecular complexity index is 590. The number of halogens is 1. The third kappa shape index (κ3) is 3.66. The average molecular weight is 346 g/mol. The zero-order valence-corrected chi connectivity index (χ0v) is 13.8. The van der Waals surface area contributed by atoms with Crippen LogP contribution in [0.15, 0.2) is 53.0 Å². The highest BCUT2D eigenvalue weighted by Crippen LogP contribution is 2.37. The molecule has 0 heterocycles. The van der Waals surface area contributed by atoms with Crippen molar-refractivity contribution in [2.75, 3.05) is 7.11 Å². The van der Waals surface area contributed by atoms with Gasteiger partial charge in [-0.1, -0.05) is 40.2 Å². The SMILES string of the molecule is COc1ccc(CNC2CC(c3cccc(Br)c3)C2)cc1. The molecule has 2 aromatic rings. The Hall–Kier alpha value is -1.32. The summed E-state index contributed by atoms with van der Waals surface area (Å²) in [6.07, 6.45) is 2.46. The summed E-state index contributed by atoms with van der Waals surface area (Å²) in [5.41, 5.74) is 2.76. The molecule has 2 nitrogen and oxygen atoms in total. The molecule has 1 N–H and O–H groups in total. The summed E-state index contributed by atoms with van der Waals surface area (Å²) < 4.78 is 6.35. The Labute approximate surface area is 134 Å². The first-order valence-electron chi connectivity index (χ1n) is 7.36. The minimum Gasteiger partial charge on any atom is -0.497 e. The molecule has 21 heavy (non-hydrogen) atoms. The zero-order valence-electron chi connectivity index (χ0n) is 12.2. The number of methoxy groups -OCH3 is 1. The van der Waals surface area contributed by atoms with Crippen LogP contribution in [0.1, 0.15) is 29.9 Å². The molecule has 2 aromatic carbocycles. The summed E-state index contributed by atoms with van der Waals surface area (Å²) in [6.45, 7) is 0.930. The van der Waals surface area contributed by atoms with Crippen LogP contribution in [0.5, 0.6) is 5.75 Å². The zero-order chi connectivity index (χ0) is 14.7. The van der Waals surface area contributed by atoms with E-state index in [0.29, 0.717) is 12.0 Å². The number of hydrogen-bond acceptors (Lipinski definition) is 2. The third-order valence-corrected chi connectivity index (χ3v) is 4.71. The molecule has 0 aromatic heterocycles. The smallest absolute Gasteiger partial charge is 0.118 e. The molecule has 0 saturated heterocycles. The molecule has 3 rings (SSSR count). The average Bonchev–Trinajstić information content (AvgIpc) is 2.46. The van der Waals surface area contributed by atoms with Gasteiger partial charge in [0.2, 0.25) is 0 Å². The monoisotopic (exact) mass is 345 g/mol. The van der Waals surface area contributed by atoms with Gasteiger partial charge in [0.1, 0.15) is 5.75 Å². The van der Waals surface area contributed by atoms with E-state index in [1.54, 1.807) is 7.11 Å². The lowest BCUT2D eigenvalue weighted by atomic mass is 9.76. The van der Waals surface area contributed by atoms with Crippen molar-refractivity contribution in [1.29, 1.82) is 0 Å². The fourth-order valence-electron chi connectivity index (χ4n) is 2.82. The van der Waals surface area contributed by atoms with Gasteiger partial charge in [-0.05, 0) is 54.2 Å². The third-order valence-electron chi connectivity index (χ3n) is 4.21. The Morgan fingerprint density at radius 1 is 1.14 bits per heavy atom. The fraction of sp³-hybridized carbons (Fsp3) is 0.333. The molecule has 1 aliphatic carbocycles. The van der Waals surface area contributed by atoms with E-state index in [1.807, 2.05) is 12.1 Å². The van der Waals surface area contributed by atoms with Crippen LogP contribution >= 0.6 is 15.9 Å². The molecule has 0 radical (unpaired) electrons. The lowest BCUT2D eigenvalue weighted by Gasteiger charge is -2.36. The predicted octanol–water partition coefficient (Wildman–Crippen LogP) is 4.49. The largest absolute Gasteiger partial charge is 0.497 e. The summed E-state index contributed by atoms with van der Waals surface area (Å²) in [7, 11) is 1.70. The van der Waals surface area contributed by atoms with Crippen molar-refractivity contribution in [3.63, 3.8) is 0 Å². The van der Waals surface area contributed by atoms with Gasteiger partial charge < -0.3 is 10.1 Å². The molecular formula is C18H20BrNO. The van der Waals surface area contributed by atoms with E-state index in [-0.39, 0.29) is 0 Å². The van der Waals surface area contributed by atoms with Gasteiger partial charge in [0.15, 0.2) is 0 Å². The summed E-state index contributed by atoms with van der Waals surface area (Å²) >= 11 is 3.55. The van der Waals surface area contributed by atoms with Gasteiger partial charge in [-0.15, -0.1) is 0 Å². The Kier molecular flexibility index (Phi) is 4.61. The van der Waals surface area contributed by atoms with Gasteiger partial charge in [-0.25, -0.2) is 0 Å². The fourth-order valence-corrected chi connectivity index (χ4v) is 3.24. The van der Waals surface area contributed by atoms with Crippen molar-refractivity contribution in [3.05, 3.63) is 64.1 Å². The second-order valence-corrected chi connectivity index (χ2v) is 6.56. The standard InChI is InChI=1S/C18H20BrNO/c1-21-18-7-5-13(6-8-18)12-20-17-10-15(11-17)14-3-2-4-16(19)9-14/h2-9,15,17,20H,10-12H2,1H3. The lowest BCUT2D eigenvalue weighted by Crippen LogP contribution is -2.39. The molecule has 0 aliphatic heterocycles. The van der Waals surface area contributed by atoms with Crippen molar-refractivity contribution >= 4 is 15.9 Å². The maximum absolute atomic E-state index is 5.18. The van der Waals surface area contributed by atoms with Crippen molar-refractivity contribution < 1.29 is 4.74 Å². The van der Waals surface area contributed by atoms with Crippen LogP contribution < -0.4 is 10.1 Å². The quantitative estimate of drug-likeness (QED) is 0.861. The van der Waals surface area contributed by atoms with Gasteiger partial charge in [-0.2, -0.15) is 0 Å². The summed E-state index contributed by atoms with van der Waals surface area (Å²) in [5, 5.41) is 3.63. The summed E-state index contributed by atoms with van der Waals surface area (Å²) in [4.78, 5) is 0. The minimum atomic E-state index is 0.635. The Morgan fingerprint density at radius 2 is 1.90 bits per heavy atom. The lowest BCUT2D eigenvalue weighted by molar-refractivity contribution is 0.289. The number of nitrogens with one attached hydrogen (secondary N) is 1. The topological polar surface area (TPSA) is 21.3 Å². The molecule has 0 unspecified atom stereocenters. The van der Waals surface area contributed by atoms with E-state index in [0.717, 1.165) is 12.3 Å². The maximum atomic E-state index is 5.18. The van der Waals surface area contributed by atoms with Crippen LogP contribution in [0.2, 0.25) is 0 Å². The van der Waals surface area contributed by atoms with Crippen LogP contribution in [0.3, 0.4) is 0 Å². The van der Waals surface area contributed by atoms with Crippen molar-refractivity contribution in [3.8, 4) is 5.75 Å². The van der Waals surface area contributed by atoms with E-state index >= 15 is 0 Å². The van der Waals surface area contributed by atoms with Crippen LogP contribution in [0, 0.1) is 0 Å². The van der Waals surface area contributed by atoms with E-state index in [2.05, 4.69) is 57.6 Å². The normalized spacial score (nSPS) is 20.9. The number of ether oxygens (including phenoxy) is 1. The van der Waals surface area contributed by atoms with E-state index in [1.165, 1.54) is 28.4 Å². The Balaban J connectivity index is 1.46. The molecule has 0 spiro atoms. The first-order valence-corrected chi connectivity index (χ1v) is 8.15. The van der Waals surface area contributed by atoms with Crippen LogP contribution in [0.4, 0.5) is 0 Å². The maximum Gasteiger partial charge on any atom is 0.118 e. The highest BCUT2D eigenvalue weighted by atomic mass is 79.9. The number of hydrogen-bond donors (Lipinski definition) is 1. The van der Waals surface area contributed by atoms with Gasteiger partial charge in [-0.3, -0.25) is 0 Å². The van der Waals surface area contributed by atoms with Crippen molar-refractivity contribution in [2.24, 2.45) is 0 Å². The molecule has 1 aliphatic rings. The van der Waals surface area contributed by atoms with Gasteiger partial charge in [0, 0.05) is 17.1 Å². The van der Waals surface area contributed by atoms with Gasteiger partial charge in [0.05, 0.1) is 7.11 Å². The minimum absolute atomic E-state index is 0.635. The highest BCUT2D eigenvalue weighted by Gasteiger charge is 2.29. The van der Waals surface area contributed by atoms with E-state index in [9.17, 15) is 0 Å².